The normalized spacial score (nSPS) is 13.6. The van der Waals surface area contributed by atoms with Crippen LogP contribution < -0.4 is 5.32 Å². The lowest BCUT2D eigenvalue weighted by molar-refractivity contribution is 0.637. The molecule has 0 radical (unpaired) electrons. The fraction of sp³-hybridized carbons (Fsp3) is 1.00. The molecule has 0 aromatic rings. The lowest BCUT2D eigenvalue weighted by atomic mass is 10.3. The standard InChI is InChI=1S/C11H25NS/c1-5-6-7-12-8-11(4)13-9-10(2)3/h10-12H,5-9H2,1-4H3. The van der Waals surface area contributed by atoms with Gasteiger partial charge in [0, 0.05) is 11.8 Å². The molecule has 0 aliphatic heterocycles. The predicted molar refractivity (Wildman–Crippen MR) is 64.5 cm³/mol. The number of rotatable bonds is 8. The molecule has 80 valence electrons. The molecular weight excluding hydrogens is 178 g/mol. The Kier molecular flexibility index (Phi) is 9.10. The van der Waals surface area contributed by atoms with Crippen molar-refractivity contribution in [3.8, 4) is 0 Å². The van der Waals surface area contributed by atoms with Gasteiger partial charge in [-0.3, -0.25) is 0 Å². The Morgan fingerprint density at radius 2 is 1.92 bits per heavy atom. The Balaban J connectivity index is 3.15. The van der Waals surface area contributed by atoms with Crippen molar-refractivity contribution < 1.29 is 0 Å². The molecule has 0 heterocycles. The second-order valence-electron chi connectivity index (χ2n) is 4.10. The van der Waals surface area contributed by atoms with Gasteiger partial charge in [0.05, 0.1) is 0 Å². The third kappa shape index (κ3) is 10.2. The van der Waals surface area contributed by atoms with Gasteiger partial charge in [-0.2, -0.15) is 11.8 Å². The molecule has 0 aliphatic rings. The third-order valence-corrected chi connectivity index (χ3v) is 3.45. The van der Waals surface area contributed by atoms with Crippen LogP contribution in [-0.4, -0.2) is 24.1 Å². The Morgan fingerprint density at radius 1 is 1.23 bits per heavy atom. The SMILES string of the molecule is CCCCNCC(C)SCC(C)C. The lowest BCUT2D eigenvalue weighted by Crippen LogP contribution is -2.24. The molecule has 2 heteroatoms. The van der Waals surface area contributed by atoms with Gasteiger partial charge in [-0.05, 0) is 24.6 Å². The summed E-state index contributed by atoms with van der Waals surface area (Å²) in [5, 5.41) is 4.25. The minimum absolute atomic E-state index is 0.763. The van der Waals surface area contributed by atoms with Gasteiger partial charge in [0.25, 0.3) is 0 Å². The van der Waals surface area contributed by atoms with Gasteiger partial charge in [-0.15, -0.1) is 0 Å². The van der Waals surface area contributed by atoms with Crippen LogP contribution in [-0.2, 0) is 0 Å². The number of thioether (sulfide) groups is 1. The van der Waals surface area contributed by atoms with Crippen LogP contribution in [0.1, 0.15) is 40.5 Å². The van der Waals surface area contributed by atoms with Crippen molar-refractivity contribution in [3.63, 3.8) is 0 Å². The van der Waals surface area contributed by atoms with Crippen LogP contribution in [0.3, 0.4) is 0 Å². The highest BCUT2D eigenvalue weighted by molar-refractivity contribution is 7.99. The molecule has 0 aromatic heterocycles. The molecular formula is C11H25NS. The molecule has 0 saturated heterocycles. The molecule has 0 saturated carbocycles. The number of nitrogens with one attached hydrogen (secondary N) is 1. The summed E-state index contributed by atoms with van der Waals surface area (Å²) in [4.78, 5) is 0. The maximum absolute atomic E-state index is 3.49. The maximum atomic E-state index is 3.49. The molecule has 0 rings (SSSR count). The van der Waals surface area contributed by atoms with E-state index in [0.717, 1.165) is 17.7 Å². The highest BCUT2D eigenvalue weighted by Gasteiger charge is 2.02. The lowest BCUT2D eigenvalue weighted by Gasteiger charge is -2.13. The minimum atomic E-state index is 0.763. The van der Waals surface area contributed by atoms with Gasteiger partial charge < -0.3 is 5.32 Å². The first kappa shape index (κ1) is 13.3. The summed E-state index contributed by atoms with van der Waals surface area (Å²) in [6, 6.07) is 0. The summed E-state index contributed by atoms with van der Waals surface area (Å²) >= 11 is 2.08. The van der Waals surface area contributed by atoms with Gasteiger partial charge in [-0.1, -0.05) is 34.1 Å². The third-order valence-electron chi connectivity index (χ3n) is 1.85. The maximum Gasteiger partial charge on any atom is 0.0144 e. The first-order chi connectivity index (χ1) is 6.16. The molecule has 1 nitrogen and oxygen atoms in total. The molecule has 0 amide bonds. The van der Waals surface area contributed by atoms with Crippen molar-refractivity contribution in [1.29, 1.82) is 0 Å². The molecule has 0 aliphatic carbocycles. The molecule has 0 bridgehead atoms. The molecule has 13 heavy (non-hydrogen) atoms. The van der Waals surface area contributed by atoms with Crippen molar-refractivity contribution in [2.75, 3.05) is 18.8 Å². The number of hydrogen-bond donors (Lipinski definition) is 1. The van der Waals surface area contributed by atoms with Crippen LogP contribution in [0.5, 0.6) is 0 Å². The van der Waals surface area contributed by atoms with E-state index in [4.69, 9.17) is 0 Å². The zero-order valence-electron chi connectivity index (χ0n) is 9.60. The van der Waals surface area contributed by atoms with E-state index in [0.29, 0.717) is 0 Å². The molecule has 0 fully saturated rings. The van der Waals surface area contributed by atoms with Crippen LogP contribution in [0, 0.1) is 5.92 Å². The van der Waals surface area contributed by atoms with Gasteiger partial charge in [-0.25, -0.2) is 0 Å². The topological polar surface area (TPSA) is 12.0 Å². The van der Waals surface area contributed by atoms with E-state index in [-0.39, 0.29) is 0 Å². The largest absolute Gasteiger partial charge is 0.316 e. The summed E-state index contributed by atoms with van der Waals surface area (Å²) < 4.78 is 0. The average molecular weight is 203 g/mol. The van der Waals surface area contributed by atoms with E-state index in [2.05, 4.69) is 44.8 Å². The fourth-order valence-electron chi connectivity index (χ4n) is 1.02. The highest BCUT2D eigenvalue weighted by atomic mass is 32.2. The van der Waals surface area contributed by atoms with Gasteiger partial charge in [0.1, 0.15) is 0 Å². The summed E-state index contributed by atoms with van der Waals surface area (Å²) in [5.74, 6) is 2.11. The van der Waals surface area contributed by atoms with E-state index in [1.165, 1.54) is 25.1 Å². The van der Waals surface area contributed by atoms with E-state index >= 15 is 0 Å². The van der Waals surface area contributed by atoms with Crippen molar-refractivity contribution in [3.05, 3.63) is 0 Å². The monoisotopic (exact) mass is 203 g/mol. The van der Waals surface area contributed by atoms with E-state index < -0.39 is 0 Å². The van der Waals surface area contributed by atoms with E-state index in [1.807, 2.05) is 0 Å². The zero-order valence-corrected chi connectivity index (χ0v) is 10.4. The van der Waals surface area contributed by atoms with Crippen LogP contribution in [0.2, 0.25) is 0 Å². The second-order valence-corrected chi connectivity index (χ2v) is 5.57. The Labute approximate surface area is 88.1 Å². The van der Waals surface area contributed by atoms with Gasteiger partial charge in [0.15, 0.2) is 0 Å². The number of unbranched alkanes of at least 4 members (excludes halogenated alkanes) is 1. The molecule has 1 unspecified atom stereocenters. The van der Waals surface area contributed by atoms with Crippen LogP contribution in [0.4, 0.5) is 0 Å². The minimum Gasteiger partial charge on any atom is -0.316 e. The summed E-state index contributed by atoms with van der Waals surface area (Å²) in [5.41, 5.74) is 0. The first-order valence-electron chi connectivity index (χ1n) is 5.49. The van der Waals surface area contributed by atoms with E-state index in [1.54, 1.807) is 0 Å². The Hall–Kier alpha value is 0.310. The van der Waals surface area contributed by atoms with E-state index in [9.17, 15) is 0 Å². The van der Waals surface area contributed by atoms with Crippen molar-refractivity contribution in [1.82, 2.24) is 5.32 Å². The Bertz CT molecular complexity index is 104. The smallest absolute Gasteiger partial charge is 0.0144 e. The quantitative estimate of drug-likeness (QED) is 0.608. The van der Waals surface area contributed by atoms with Gasteiger partial charge in [0.2, 0.25) is 0 Å². The van der Waals surface area contributed by atoms with Crippen LogP contribution in [0.15, 0.2) is 0 Å². The van der Waals surface area contributed by atoms with Crippen molar-refractivity contribution in [2.45, 2.75) is 45.8 Å². The number of hydrogen-bond acceptors (Lipinski definition) is 2. The van der Waals surface area contributed by atoms with Crippen LogP contribution in [0.25, 0.3) is 0 Å². The van der Waals surface area contributed by atoms with Crippen molar-refractivity contribution in [2.24, 2.45) is 5.92 Å². The summed E-state index contributed by atoms with van der Waals surface area (Å²) in [6.45, 7) is 11.5. The summed E-state index contributed by atoms with van der Waals surface area (Å²) in [6.07, 6.45) is 2.60. The zero-order chi connectivity index (χ0) is 10.1. The average Bonchev–Trinajstić information content (AvgIpc) is 2.09. The van der Waals surface area contributed by atoms with Gasteiger partial charge >= 0.3 is 0 Å². The molecule has 1 atom stereocenters. The predicted octanol–water partition coefficient (Wildman–Crippen LogP) is 3.15. The summed E-state index contributed by atoms with van der Waals surface area (Å²) in [7, 11) is 0. The molecule has 0 aromatic carbocycles. The fourth-order valence-corrected chi connectivity index (χ4v) is 1.97. The van der Waals surface area contributed by atoms with Crippen molar-refractivity contribution >= 4 is 11.8 Å². The molecule has 1 N–H and O–H groups in total. The first-order valence-corrected chi connectivity index (χ1v) is 6.54. The second kappa shape index (κ2) is 8.89. The molecule has 0 spiro atoms. The Morgan fingerprint density at radius 3 is 2.46 bits per heavy atom. The highest BCUT2D eigenvalue weighted by Crippen LogP contribution is 2.13. The van der Waals surface area contributed by atoms with Crippen LogP contribution >= 0.6 is 11.8 Å².